The Hall–Kier alpha value is -1.64. The largest absolute Gasteiger partial charge is 0.321 e. The number of aryl methyl sites for hydroxylation is 1. The van der Waals surface area contributed by atoms with Crippen LogP contribution in [0.5, 0.6) is 0 Å². The molecule has 0 amide bonds. The molecule has 0 saturated heterocycles. The summed E-state index contributed by atoms with van der Waals surface area (Å²) in [6, 6.07) is 7.91. The molecule has 0 atom stereocenters. The van der Waals surface area contributed by atoms with Crippen molar-refractivity contribution in [3.8, 4) is 0 Å². The summed E-state index contributed by atoms with van der Waals surface area (Å²) in [7, 11) is 0. The minimum atomic E-state index is 0.0700. The number of hydrogen-bond acceptors (Lipinski definition) is 2. The number of aromatic nitrogens is 2. The molecule has 1 aromatic carbocycles. The highest BCUT2D eigenvalue weighted by Crippen LogP contribution is 2.15. The molecule has 0 unspecified atom stereocenters. The number of fused-ring (bicyclic) bond motifs is 1. The molecule has 2 aromatic rings. The van der Waals surface area contributed by atoms with Gasteiger partial charge in [0, 0.05) is 5.92 Å². The van der Waals surface area contributed by atoms with E-state index in [-0.39, 0.29) is 11.7 Å². The Bertz CT molecular complexity index is 526. The fourth-order valence-corrected chi connectivity index (χ4v) is 1.73. The number of Topliss-reactive ketones (excluding diaryl/α,β-unsaturated/α-hetero) is 1. The highest BCUT2D eigenvalue weighted by Gasteiger charge is 2.12. The van der Waals surface area contributed by atoms with Crippen LogP contribution in [0.1, 0.15) is 19.7 Å². The molecule has 1 aromatic heterocycles. The molecule has 16 heavy (non-hydrogen) atoms. The van der Waals surface area contributed by atoms with Crippen molar-refractivity contribution in [3.63, 3.8) is 0 Å². The van der Waals surface area contributed by atoms with Gasteiger partial charge in [-0.15, -0.1) is 0 Å². The van der Waals surface area contributed by atoms with Gasteiger partial charge >= 0.3 is 0 Å². The number of para-hydroxylation sites is 2. The molecule has 3 nitrogen and oxygen atoms in total. The van der Waals surface area contributed by atoms with Gasteiger partial charge in [-0.05, 0) is 19.1 Å². The summed E-state index contributed by atoms with van der Waals surface area (Å²) in [4.78, 5) is 16.2. The summed E-state index contributed by atoms with van der Waals surface area (Å²) in [5.74, 6) is 1.21. The maximum absolute atomic E-state index is 11.8. The highest BCUT2D eigenvalue weighted by atomic mass is 16.1. The first-order valence-electron chi connectivity index (χ1n) is 5.54. The lowest BCUT2D eigenvalue weighted by Crippen LogP contribution is -2.16. The maximum Gasteiger partial charge on any atom is 0.155 e. The quantitative estimate of drug-likeness (QED) is 0.790. The first-order valence-corrected chi connectivity index (χ1v) is 5.54. The molecule has 2 rings (SSSR count). The van der Waals surface area contributed by atoms with Crippen LogP contribution < -0.4 is 0 Å². The molecule has 0 saturated carbocycles. The summed E-state index contributed by atoms with van der Waals surface area (Å²) in [6.45, 7) is 6.21. The predicted molar refractivity (Wildman–Crippen MR) is 64.3 cm³/mol. The van der Waals surface area contributed by atoms with Crippen molar-refractivity contribution in [1.82, 2.24) is 9.55 Å². The van der Waals surface area contributed by atoms with Gasteiger partial charge in [-0.3, -0.25) is 4.79 Å². The number of hydrogen-bond donors (Lipinski definition) is 0. The van der Waals surface area contributed by atoms with Crippen LogP contribution in [0.4, 0.5) is 0 Å². The smallest absolute Gasteiger partial charge is 0.155 e. The van der Waals surface area contributed by atoms with E-state index in [1.165, 1.54) is 0 Å². The van der Waals surface area contributed by atoms with Crippen LogP contribution in [-0.4, -0.2) is 15.3 Å². The van der Waals surface area contributed by atoms with E-state index in [4.69, 9.17) is 0 Å². The summed E-state index contributed by atoms with van der Waals surface area (Å²) < 4.78 is 1.98. The minimum absolute atomic E-state index is 0.0700. The molecule has 0 aliphatic heterocycles. The van der Waals surface area contributed by atoms with Crippen LogP contribution in [0.25, 0.3) is 11.0 Å². The first-order chi connectivity index (χ1) is 7.59. The lowest BCUT2D eigenvalue weighted by molar-refractivity contribution is -0.122. The molecular formula is C13H16N2O. The summed E-state index contributed by atoms with van der Waals surface area (Å²) in [6.07, 6.45) is 0. The predicted octanol–water partition coefficient (Wildman–Crippen LogP) is 2.57. The second-order valence-electron chi connectivity index (χ2n) is 4.35. The van der Waals surface area contributed by atoms with Crippen molar-refractivity contribution < 1.29 is 4.79 Å². The van der Waals surface area contributed by atoms with E-state index >= 15 is 0 Å². The molecule has 0 spiro atoms. The van der Waals surface area contributed by atoms with Gasteiger partial charge in [0.25, 0.3) is 0 Å². The normalized spacial score (nSPS) is 11.2. The molecule has 0 aliphatic rings. The summed E-state index contributed by atoms with van der Waals surface area (Å²) in [5, 5.41) is 0. The molecule has 0 radical (unpaired) electrons. The molecule has 0 aliphatic carbocycles. The molecular weight excluding hydrogens is 200 g/mol. The van der Waals surface area contributed by atoms with E-state index < -0.39 is 0 Å². The number of rotatable bonds is 3. The van der Waals surface area contributed by atoms with Crippen molar-refractivity contribution in [2.75, 3.05) is 0 Å². The van der Waals surface area contributed by atoms with Crippen molar-refractivity contribution in [2.45, 2.75) is 27.3 Å². The van der Waals surface area contributed by atoms with Crippen LogP contribution >= 0.6 is 0 Å². The maximum atomic E-state index is 11.8. The zero-order valence-electron chi connectivity index (χ0n) is 9.90. The lowest BCUT2D eigenvalue weighted by atomic mass is 10.1. The molecule has 84 valence electrons. The van der Waals surface area contributed by atoms with Crippen molar-refractivity contribution in [1.29, 1.82) is 0 Å². The van der Waals surface area contributed by atoms with Gasteiger partial charge in [0.05, 0.1) is 17.6 Å². The topological polar surface area (TPSA) is 34.9 Å². The molecule has 0 N–H and O–H groups in total. The Kier molecular flexibility index (Phi) is 2.77. The Balaban J connectivity index is 2.44. The fraction of sp³-hybridized carbons (Fsp3) is 0.385. The standard InChI is InChI=1S/C13H16N2O/c1-9(2)13(16)8-15-10(3)14-11-6-4-5-7-12(11)15/h4-7,9H,8H2,1-3H3. The monoisotopic (exact) mass is 216 g/mol. The number of nitrogens with zero attached hydrogens (tertiary/aromatic N) is 2. The van der Waals surface area contributed by atoms with Gasteiger partial charge < -0.3 is 4.57 Å². The fourth-order valence-electron chi connectivity index (χ4n) is 1.73. The minimum Gasteiger partial charge on any atom is -0.321 e. The van der Waals surface area contributed by atoms with Gasteiger partial charge in [0.2, 0.25) is 0 Å². The molecule has 0 fully saturated rings. The molecule has 1 heterocycles. The highest BCUT2D eigenvalue weighted by molar-refractivity contribution is 5.83. The Morgan fingerprint density at radius 3 is 2.75 bits per heavy atom. The summed E-state index contributed by atoms with van der Waals surface area (Å²) >= 11 is 0. The van der Waals surface area contributed by atoms with E-state index in [9.17, 15) is 4.79 Å². The summed E-state index contributed by atoms with van der Waals surface area (Å²) in [5.41, 5.74) is 1.99. The average Bonchev–Trinajstić information content (AvgIpc) is 2.55. The SMILES string of the molecule is Cc1nc2ccccc2n1CC(=O)C(C)C. The molecule has 0 bridgehead atoms. The first kappa shape index (κ1) is 10.9. The molecule has 3 heteroatoms. The third-order valence-electron chi connectivity index (χ3n) is 2.80. The van der Waals surface area contributed by atoms with Crippen LogP contribution in [0.3, 0.4) is 0 Å². The van der Waals surface area contributed by atoms with Crippen molar-refractivity contribution in [2.24, 2.45) is 5.92 Å². The van der Waals surface area contributed by atoms with Crippen LogP contribution in [0.2, 0.25) is 0 Å². The zero-order valence-corrected chi connectivity index (χ0v) is 9.90. The van der Waals surface area contributed by atoms with Crippen LogP contribution in [0.15, 0.2) is 24.3 Å². The third kappa shape index (κ3) is 1.85. The second-order valence-corrected chi connectivity index (χ2v) is 4.35. The number of ketones is 1. The zero-order chi connectivity index (χ0) is 11.7. The van der Waals surface area contributed by atoms with Crippen LogP contribution in [0, 0.1) is 12.8 Å². The van der Waals surface area contributed by atoms with Crippen molar-refractivity contribution in [3.05, 3.63) is 30.1 Å². The van der Waals surface area contributed by atoms with E-state index in [0.29, 0.717) is 6.54 Å². The number of benzene rings is 1. The van der Waals surface area contributed by atoms with E-state index in [0.717, 1.165) is 16.9 Å². The van der Waals surface area contributed by atoms with Gasteiger partial charge in [-0.25, -0.2) is 4.98 Å². The second kappa shape index (κ2) is 4.08. The number of carbonyl (C=O) groups excluding carboxylic acids is 1. The number of imidazole rings is 1. The van der Waals surface area contributed by atoms with Crippen molar-refractivity contribution >= 4 is 16.8 Å². The van der Waals surface area contributed by atoms with Gasteiger partial charge in [0.1, 0.15) is 5.82 Å². The van der Waals surface area contributed by atoms with Gasteiger partial charge in [0.15, 0.2) is 5.78 Å². The Morgan fingerprint density at radius 1 is 1.38 bits per heavy atom. The average molecular weight is 216 g/mol. The third-order valence-corrected chi connectivity index (χ3v) is 2.80. The van der Waals surface area contributed by atoms with Gasteiger partial charge in [-0.1, -0.05) is 26.0 Å². The van der Waals surface area contributed by atoms with E-state index in [2.05, 4.69) is 4.98 Å². The van der Waals surface area contributed by atoms with E-state index in [1.807, 2.05) is 49.6 Å². The Morgan fingerprint density at radius 2 is 2.06 bits per heavy atom. The lowest BCUT2D eigenvalue weighted by Gasteiger charge is -2.07. The number of carbonyl (C=O) groups is 1. The van der Waals surface area contributed by atoms with Crippen LogP contribution in [-0.2, 0) is 11.3 Å². The Labute approximate surface area is 95.1 Å². The van der Waals surface area contributed by atoms with E-state index in [1.54, 1.807) is 0 Å². The van der Waals surface area contributed by atoms with Gasteiger partial charge in [-0.2, -0.15) is 0 Å².